The molecule has 1 aromatic rings. The number of anilines is 1. The normalized spacial score (nSPS) is 12.1. The number of benzene rings is 1. The Morgan fingerprint density at radius 1 is 1.35 bits per heavy atom. The first-order valence-corrected chi connectivity index (χ1v) is 8.67. The van der Waals surface area contributed by atoms with Gasteiger partial charge in [0.1, 0.15) is 6.54 Å². The van der Waals surface area contributed by atoms with Crippen LogP contribution >= 0.6 is 15.9 Å². The Morgan fingerprint density at radius 3 is 2.40 bits per heavy atom. The van der Waals surface area contributed by atoms with E-state index in [4.69, 9.17) is 0 Å². The molecule has 112 valence electrons. The lowest BCUT2D eigenvalue weighted by atomic mass is 10.1. The molecule has 1 N–H and O–H groups in total. The van der Waals surface area contributed by atoms with Crippen LogP contribution in [-0.2, 0) is 14.8 Å². The second-order valence-electron chi connectivity index (χ2n) is 5.55. The zero-order valence-electron chi connectivity index (χ0n) is 12.0. The lowest BCUT2D eigenvalue weighted by Crippen LogP contribution is -2.47. The van der Waals surface area contributed by atoms with Gasteiger partial charge in [0.2, 0.25) is 15.9 Å². The molecule has 0 saturated heterocycles. The zero-order valence-corrected chi connectivity index (χ0v) is 14.4. The van der Waals surface area contributed by atoms with Gasteiger partial charge in [0.25, 0.3) is 0 Å². The predicted molar refractivity (Wildman–Crippen MR) is 84.2 cm³/mol. The number of sulfonamides is 1. The minimum absolute atomic E-state index is 0.243. The number of carbonyl (C=O) groups excluding carboxylic acids is 1. The second kappa shape index (κ2) is 6.13. The minimum Gasteiger partial charge on any atom is -0.350 e. The van der Waals surface area contributed by atoms with Crippen LogP contribution in [0.5, 0.6) is 0 Å². The average molecular weight is 363 g/mol. The Balaban J connectivity index is 3.02. The van der Waals surface area contributed by atoms with E-state index in [0.29, 0.717) is 5.69 Å². The minimum atomic E-state index is -3.53. The van der Waals surface area contributed by atoms with Crippen molar-refractivity contribution < 1.29 is 13.2 Å². The van der Waals surface area contributed by atoms with Crippen molar-refractivity contribution in [1.29, 1.82) is 0 Å². The molecule has 0 heterocycles. The number of nitrogens with one attached hydrogen (secondary N) is 1. The Bertz CT molecular complexity index is 594. The Hall–Kier alpha value is -1.08. The van der Waals surface area contributed by atoms with Crippen molar-refractivity contribution in [2.24, 2.45) is 0 Å². The highest BCUT2D eigenvalue weighted by atomic mass is 79.9. The molecule has 0 spiro atoms. The summed E-state index contributed by atoms with van der Waals surface area (Å²) in [6.07, 6.45) is 1.08. The molecule has 0 radical (unpaired) electrons. The summed E-state index contributed by atoms with van der Waals surface area (Å²) in [5.41, 5.74) is 0.0447. The highest BCUT2D eigenvalue weighted by Gasteiger charge is 2.23. The largest absolute Gasteiger partial charge is 0.350 e. The van der Waals surface area contributed by atoms with E-state index in [-0.39, 0.29) is 12.5 Å². The van der Waals surface area contributed by atoms with E-state index in [1.165, 1.54) is 0 Å². The van der Waals surface area contributed by atoms with Crippen LogP contribution in [0.3, 0.4) is 0 Å². The number of hydrogen-bond acceptors (Lipinski definition) is 3. The van der Waals surface area contributed by atoms with Crippen LogP contribution in [0, 0.1) is 0 Å². The summed E-state index contributed by atoms with van der Waals surface area (Å²) in [6, 6.07) is 6.82. The number of nitrogens with zero attached hydrogens (tertiary/aromatic N) is 1. The molecule has 0 aliphatic heterocycles. The van der Waals surface area contributed by atoms with Gasteiger partial charge in [-0.1, -0.05) is 22.0 Å². The van der Waals surface area contributed by atoms with Gasteiger partial charge in [0, 0.05) is 10.0 Å². The maximum Gasteiger partial charge on any atom is 0.241 e. The highest BCUT2D eigenvalue weighted by molar-refractivity contribution is 9.10. The second-order valence-corrected chi connectivity index (χ2v) is 8.37. The molecule has 1 aromatic carbocycles. The standard InChI is InChI=1S/C13H19BrN2O3S/c1-13(2,3)15-12(17)9-16(20(4,18)19)11-7-5-6-10(14)8-11/h5-8H,9H2,1-4H3,(H,15,17). The molecular formula is C13H19BrN2O3S. The van der Waals surface area contributed by atoms with Gasteiger partial charge in [-0.15, -0.1) is 0 Å². The van der Waals surface area contributed by atoms with Crippen molar-refractivity contribution in [2.45, 2.75) is 26.3 Å². The van der Waals surface area contributed by atoms with Gasteiger partial charge >= 0.3 is 0 Å². The smallest absolute Gasteiger partial charge is 0.241 e. The van der Waals surface area contributed by atoms with Crippen LogP contribution in [0.15, 0.2) is 28.7 Å². The third kappa shape index (κ3) is 5.50. The van der Waals surface area contributed by atoms with E-state index in [1.54, 1.807) is 24.3 Å². The number of carbonyl (C=O) groups is 1. The molecular weight excluding hydrogens is 344 g/mol. The van der Waals surface area contributed by atoms with Gasteiger partial charge in [-0.25, -0.2) is 8.42 Å². The van der Waals surface area contributed by atoms with Crippen LogP contribution in [0.1, 0.15) is 20.8 Å². The first-order valence-electron chi connectivity index (χ1n) is 6.03. The van der Waals surface area contributed by atoms with Crippen molar-refractivity contribution in [3.05, 3.63) is 28.7 Å². The summed E-state index contributed by atoms with van der Waals surface area (Å²) in [4.78, 5) is 11.9. The van der Waals surface area contributed by atoms with Crippen LogP contribution in [0.4, 0.5) is 5.69 Å². The first-order chi connectivity index (χ1) is 8.99. The number of amides is 1. The van der Waals surface area contributed by atoms with Crippen LogP contribution in [0.2, 0.25) is 0 Å². The van der Waals surface area contributed by atoms with E-state index in [1.807, 2.05) is 20.8 Å². The van der Waals surface area contributed by atoms with Gasteiger partial charge < -0.3 is 5.32 Å². The molecule has 1 amide bonds. The van der Waals surface area contributed by atoms with E-state index >= 15 is 0 Å². The summed E-state index contributed by atoms with van der Waals surface area (Å²) in [6.45, 7) is 5.28. The molecule has 20 heavy (non-hydrogen) atoms. The fourth-order valence-corrected chi connectivity index (χ4v) is 2.85. The summed E-state index contributed by atoms with van der Waals surface area (Å²) in [7, 11) is -3.53. The van der Waals surface area contributed by atoms with Gasteiger partial charge in [-0.05, 0) is 39.0 Å². The molecule has 0 bridgehead atoms. The molecule has 0 aromatic heterocycles. The van der Waals surface area contributed by atoms with Gasteiger partial charge in [-0.3, -0.25) is 9.10 Å². The molecule has 0 unspecified atom stereocenters. The van der Waals surface area contributed by atoms with Gasteiger partial charge in [0.05, 0.1) is 11.9 Å². The van der Waals surface area contributed by atoms with E-state index in [9.17, 15) is 13.2 Å². The summed E-state index contributed by atoms with van der Waals surface area (Å²) < 4.78 is 25.6. The molecule has 0 aliphatic carbocycles. The molecule has 0 atom stereocenters. The van der Waals surface area contributed by atoms with Crippen molar-refractivity contribution >= 4 is 37.5 Å². The van der Waals surface area contributed by atoms with Crippen molar-refractivity contribution in [3.8, 4) is 0 Å². The summed E-state index contributed by atoms with van der Waals surface area (Å²) in [5, 5.41) is 2.75. The molecule has 0 fully saturated rings. The molecule has 5 nitrogen and oxygen atoms in total. The van der Waals surface area contributed by atoms with E-state index in [0.717, 1.165) is 15.0 Å². The molecule has 1 rings (SSSR count). The lowest BCUT2D eigenvalue weighted by molar-refractivity contribution is -0.121. The fourth-order valence-electron chi connectivity index (χ4n) is 1.62. The SMILES string of the molecule is CC(C)(C)NC(=O)CN(c1cccc(Br)c1)S(C)(=O)=O. The van der Waals surface area contributed by atoms with Crippen molar-refractivity contribution in [3.63, 3.8) is 0 Å². The lowest BCUT2D eigenvalue weighted by Gasteiger charge is -2.25. The number of halogens is 1. The predicted octanol–water partition coefficient (Wildman–Crippen LogP) is 2.13. The summed E-state index contributed by atoms with van der Waals surface area (Å²) in [5.74, 6) is -0.345. The topological polar surface area (TPSA) is 66.5 Å². The Morgan fingerprint density at radius 2 is 1.95 bits per heavy atom. The van der Waals surface area contributed by atoms with Gasteiger partial charge in [0.15, 0.2) is 0 Å². The van der Waals surface area contributed by atoms with Crippen LogP contribution in [0.25, 0.3) is 0 Å². The van der Waals surface area contributed by atoms with Crippen LogP contribution < -0.4 is 9.62 Å². The maximum absolute atomic E-state index is 11.9. The Labute approximate surface area is 128 Å². The number of rotatable bonds is 4. The quantitative estimate of drug-likeness (QED) is 0.891. The molecule has 7 heteroatoms. The van der Waals surface area contributed by atoms with Crippen LogP contribution in [-0.4, -0.2) is 32.7 Å². The number of hydrogen-bond donors (Lipinski definition) is 1. The average Bonchev–Trinajstić information content (AvgIpc) is 2.21. The maximum atomic E-state index is 11.9. The molecule has 0 aliphatic rings. The van der Waals surface area contributed by atoms with E-state index < -0.39 is 15.6 Å². The monoisotopic (exact) mass is 362 g/mol. The summed E-state index contributed by atoms with van der Waals surface area (Å²) >= 11 is 3.29. The Kier molecular flexibility index (Phi) is 5.21. The third-order valence-electron chi connectivity index (χ3n) is 2.30. The highest BCUT2D eigenvalue weighted by Crippen LogP contribution is 2.21. The zero-order chi connectivity index (χ0) is 15.6. The molecule has 0 saturated carbocycles. The van der Waals surface area contributed by atoms with Crippen molar-refractivity contribution in [1.82, 2.24) is 5.32 Å². The first kappa shape index (κ1) is 17.0. The van der Waals surface area contributed by atoms with Gasteiger partial charge in [-0.2, -0.15) is 0 Å². The van der Waals surface area contributed by atoms with Crippen molar-refractivity contribution in [2.75, 3.05) is 17.1 Å². The third-order valence-corrected chi connectivity index (χ3v) is 3.93. The fraction of sp³-hybridized carbons (Fsp3) is 0.462. The van der Waals surface area contributed by atoms with E-state index in [2.05, 4.69) is 21.2 Å².